The van der Waals surface area contributed by atoms with Gasteiger partial charge in [-0.15, -0.1) is 0 Å². The van der Waals surface area contributed by atoms with Crippen molar-refractivity contribution in [2.45, 2.75) is 12.1 Å². The van der Waals surface area contributed by atoms with Gasteiger partial charge in [-0.2, -0.15) is 13.2 Å². The van der Waals surface area contributed by atoms with Crippen LogP contribution in [-0.2, 0) is 6.16 Å². The van der Waals surface area contributed by atoms with Crippen molar-refractivity contribution in [3.63, 3.8) is 0 Å². The van der Waals surface area contributed by atoms with Crippen molar-refractivity contribution in [3.8, 4) is 0 Å². The molecule has 0 aromatic heterocycles. The molecule has 1 unspecified atom stereocenters. The van der Waals surface area contributed by atoms with Crippen LogP contribution in [0.1, 0.15) is 5.56 Å². The van der Waals surface area contributed by atoms with E-state index >= 15 is 0 Å². The van der Waals surface area contributed by atoms with Crippen molar-refractivity contribution in [2.75, 3.05) is 0 Å². The molecule has 0 bridgehead atoms. The Kier molecular flexibility index (Phi) is 3.10. The van der Waals surface area contributed by atoms with Crippen LogP contribution in [0.4, 0.5) is 13.2 Å². The van der Waals surface area contributed by atoms with E-state index in [0.717, 1.165) is 5.56 Å². The van der Waals surface area contributed by atoms with Crippen LogP contribution in [-0.4, -0.2) is 5.92 Å². The van der Waals surface area contributed by atoms with Crippen LogP contribution >= 0.6 is 8.58 Å². The summed E-state index contributed by atoms with van der Waals surface area (Å²) in [5.41, 5.74) is 0.744. The number of alkyl halides is 3. The summed E-state index contributed by atoms with van der Waals surface area (Å²) in [5, 5.41) is 0. The summed E-state index contributed by atoms with van der Waals surface area (Å²) in [6.07, 6.45) is 0.102. The van der Waals surface area contributed by atoms with E-state index in [1.807, 2.05) is 0 Å². The van der Waals surface area contributed by atoms with Gasteiger partial charge in [-0.05, 0) is 20.3 Å². The molecule has 66 valence electrons. The summed E-state index contributed by atoms with van der Waals surface area (Å²) < 4.78 is 35.3. The highest BCUT2D eigenvalue weighted by Gasteiger charge is 2.26. The van der Waals surface area contributed by atoms with Gasteiger partial charge in [0.15, 0.2) is 0 Å². The lowest BCUT2D eigenvalue weighted by Gasteiger charge is -2.05. The molecule has 0 aliphatic heterocycles. The maximum absolute atomic E-state index is 11.8. The first-order valence-electron chi connectivity index (χ1n) is 3.43. The van der Waals surface area contributed by atoms with Crippen molar-refractivity contribution in [1.82, 2.24) is 0 Å². The maximum Gasteiger partial charge on any atom is 0.402 e. The summed E-state index contributed by atoms with van der Waals surface area (Å²) in [6, 6.07) is 8.70. The van der Waals surface area contributed by atoms with Gasteiger partial charge in [0, 0.05) is 0 Å². The van der Waals surface area contributed by atoms with Gasteiger partial charge >= 0.3 is 5.92 Å². The van der Waals surface area contributed by atoms with E-state index in [2.05, 4.69) is 0 Å². The van der Waals surface area contributed by atoms with Crippen LogP contribution in [0, 0.1) is 0 Å². The summed E-state index contributed by atoms with van der Waals surface area (Å²) in [4.78, 5) is 0. The third-order valence-corrected chi connectivity index (χ3v) is 2.32. The molecule has 0 nitrogen and oxygen atoms in total. The lowest BCUT2D eigenvalue weighted by atomic mass is 10.2. The minimum atomic E-state index is -4.02. The zero-order chi connectivity index (χ0) is 9.03. The number of hydrogen-bond acceptors (Lipinski definition) is 0. The van der Waals surface area contributed by atoms with E-state index in [1.165, 1.54) is 0 Å². The lowest BCUT2D eigenvalue weighted by Crippen LogP contribution is -1.97. The van der Waals surface area contributed by atoms with E-state index in [1.54, 1.807) is 30.3 Å². The quantitative estimate of drug-likeness (QED) is 0.630. The second kappa shape index (κ2) is 3.90. The molecule has 1 aromatic rings. The third-order valence-electron chi connectivity index (χ3n) is 1.34. The molecule has 1 atom stereocenters. The Morgan fingerprint density at radius 1 is 1.08 bits per heavy atom. The normalized spacial score (nSPS) is 12.6. The van der Waals surface area contributed by atoms with Crippen molar-refractivity contribution >= 4 is 8.58 Å². The van der Waals surface area contributed by atoms with Crippen LogP contribution in [0.2, 0.25) is 0 Å². The fourth-order valence-electron chi connectivity index (χ4n) is 0.798. The fourth-order valence-corrected chi connectivity index (χ4v) is 1.44. The van der Waals surface area contributed by atoms with Gasteiger partial charge in [0.05, 0.1) is 0 Å². The molecular formula is C8H8F3P. The van der Waals surface area contributed by atoms with Gasteiger partial charge in [-0.1, -0.05) is 30.3 Å². The Hall–Kier alpha value is -0.560. The highest BCUT2D eigenvalue weighted by Crippen LogP contribution is 2.38. The second-order valence-electron chi connectivity index (χ2n) is 2.34. The summed E-state index contributed by atoms with van der Waals surface area (Å²) >= 11 is 0. The van der Waals surface area contributed by atoms with E-state index in [-0.39, 0.29) is 6.16 Å². The SMILES string of the molecule is FC(F)(F)PCc1ccccc1. The minimum absolute atomic E-state index is 0.102. The molecule has 4 heteroatoms. The molecule has 0 aliphatic rings. The van der Waals surface area contributed by atoms with Gasteiger partial charge in [0.2, 0.25) is 0 Å². The second-order valence-corrected chi connectivity index (χ2v) is 3.61. The zero-order valence-electron chi connectivity index (χ0n) is 6.23. The summed E-state index contributed by atoms with van der Waals surface area (Å²) in [7, 11) is -0.981. The number of halogens is 3. The third kappa shape index (κ3) is 3.72. The molecule has 0 N–H and O–H groups in total. The van der Waals surface area contributed by atoms with E-state index in [0.29, 0.717) is 0 Å². The fraction of sp³-hybridized carbons (Fsp3) is 0.250. The standard InChI is InChI=1S/C8H8F3P/c9-8(10,11)12-6-7-4-2-1-3-5-7/h1-5,12H,6H2. The van der Waals surface area contributed by atoms with E-state index in [4.69, 9.17) is 0 Å². The maximum atomic E-state index is 11.8. The monoisotopic (exact) mass is 192 g/mol. The molecule has 0 fully saturated rings. The largest absolute Gasteiger partial charge is 0.402 e. The lowest BCUT2D eigenvalue weighted by molar-refractivity contribution is -0.0372. The summed E-state index contributed by atoms with van der Waals surface area (Å²) in [6.45, 7) is 0. The van der Waals surface area contributed by atoms with Crippen LogP contribution in [0.5, 0.6) is 0 Å². The molecular weight excluding hydrogens is 184 g/mol. The first-order chi connectivity index (χ1) is 5.58. The van der Waals surface area contributed by atoms with Crippen molar-refractivity contribution in [2.24, 2.45) is 0 Å². The Morgan fingerprint density at radius 3 is 2.17 bits per heavy atom. The first kappa shape index (κ1) is 9.53. The predicted molar refractivity (Wildman–Crippen MR) is 44.5 cm³/mol. The Morgan fingerprint density at radius 2 is 1.67 bits per heavy atom. The smallest absolute Gasteiger partial charge is 0.167 e. The van der Waals surface area contributed by atoms with Gasteiger partial charge in [0.25, 0.3) is 0 Å². The van der Waals surface area contributed by atoms with E-state index in [9.17, 15) is 13.2 Å². The van der Waals surface area contributed by atoms with Crippen LogP contribution in [0.3, 0.4) is 0 Å². The van der Waals surface area contributed by atoms with Gasteiger partial charge in [0.1, 0.15) is 0 Å². The average molecular weight is 192 g/mol. The van der Waals surface area contributed by atoms with Crippen LogP contribution in [0.25, 0.3) is 0 Å². The van der Waals surface area contributed by atoms with Gasteiger partial charge in [-0.25, -0.2) is 0 Å². The Bertz CT molecular complexity index is 230. The number of hydrogen-bond donors (Lipinski definition) is 0. The Labute approximate surface area is 70.6 Å². The van der Waals surface area contributed by atoms with Crippen molar-refractivity contribution in [1.29, 1.82) is 0 Å². The van der Waals surface area contributed by atoms with Crippen LogP contribution < -0.4 is 0 Å². The topological polar surface area (TPSA) is 0 Å². The molecule has 0 amide bonds. The predicted octanol–water partition coefficient (Wildman–Crippen LogP) is 3.38. The van der Waals surface area contributed by atoms with Crippen molar-refractivity contribution < 1.29 is 13.2 Å². The Balaban J connectivity index is 2.44. The highest BCUT2D eigenvalue weighted by atomic mass is 31.1. The molecule has 1 aromatic carbocycles. The average Bonchev–Trinajstić information content (AvgIpc) is 2.02. The van der Waals surface area contributed by atoms with Crippen molar-refractivity contribution in [3.05, 3.63) is 35.9 Å². The van der Waals surface area contributed by atoms with Gasteiger partial charge in [-0.3, -0.25) is 0 Å². The van der Waals surface area contributed by atoms with Crippen LogP contribution in [0.15, 0.2) is 30.3 Å². The highest BCUT2D eigenvalue weighted by molar-refractivity contribution is 7.38. The summed E-state index contributed by atoms with van der Waals surface area (Å²) in [5.74, 6) is -4.02. The molecule has 12 heavy (non-hydrogen) atoms. The minimum Gasteiger partial charge on any atom is -0.167 e. The molecule has 0 aliphatic carbocycles. The van der Waals surface area contributed by atoms with E-state index < -0.39 is 14.5 Å². The molecule has 0 spiro atoms. The molecule has 0 saturated carbocycles. The molecule has 0 heterocycles. The number of rotatable bonds is 2. The molecule has 1 rings (SSSR count). The molecule has 0 saturated heterocycles. The number of benzene rings is 1. The first-order valence-corrected chi connectivity index (χ1v) is 4.64. The zero-order valence-corrected chi connectivity index (χ0v) is 7.23. The van der Waals surface area contributed by atoms with Gasteiger partial charge < -0.3 is 0 Å². The molecule has 0 radical (unpaired) electrons.